The van der Waals surface area contributed by atoms with Gasteiger partial charge >= 0.3 is 35.3 Å². The van der Waals surface area contributed by atoms with Crippen molar-refractivity contribution in [3.63, 3.8) is 0 Å². The molecule has 10 atom stereocenters. The maximum atomic E-state index is 12.5. The average Bonchev–Trinajstić information content (AvgIpc) is 2.79. The minimum atomic E-state index is -3.77. The van der Waals surface area contributed by atoms with Gasteiger partial charge in [-0.15, -0.1) is 0 Å². The Morgan fingerprint density at radius 3 is 2.31 bits per heavy atom. The summed E-state index contributed by atoms with van der Waals surface area (Å²) >= 11 is 0. The van der Waals surface area contributed by atoms with Gasteiger partial charge < -0.3 is 69.3 Å². The number of fused-ring (bicyclic) bond motifs is 2. The zero-order chi connectivity index (χ0) is 25.9. The molecule has 0 aromatic heterocycles. The van der Waals surface area contributed by atoms with E-state index in [9.17, 15) is 55.2 Å². The largest absolute Gasteiger partial charge is 0.422 e. The highest BCUT2D eigenvalue weighted by Crippen LogP contribution is 2.49. The Kier molecular flexibility index (Phi) is 6.39. The van der Waals surface area contributed by atoms with Gasteiger partial charge in [0.05, 0.1) is 18.6 Å². The van der Waals surface area contributed by atoms with Gasteiger partial charge in [0, 0.05) is 6.08 Å². The first kappa shape index (κ1) is 25.8. The van der Waals surface area contributed by atoms with Gasteiger partial charge in [0.15, 0.2) is 18.7 Å². The van der Waals surface area contributed by atoms with Crippen molar-refractivity contribution in [3.8, 4) is 0 Å². The molecule has 0 unspecified atom stereocenters. The van der Waals surface area contributed by atoms with Crippen molar-refractivity contribution in [2.24, 2.45) is 0 Å². The van der Waals surface area contributed by atoms with Crippen LogP contribution in [0.5, 0.6) is 0 Å². The Morgan fingerprint density at radius 1 is 1.00 bits per heavy atom. The maximum absolute atomic E-state index is 12.5. The summed E-state index contributed by atoms with van der Waals surface area (Å²) in [5, 5.41) is 82.5. The van der Waals surface area contributed by atoms with E-state index >= 15 is 0 Å². The molecule has 35 heavy (non-hydrogen) atoms. The molecule has 0 radical (unpaired) electrons. The molecular weight excluding hydrogens is 488 g/mol. The third-order valence-electron chi connectivity index (χ3n) is 5.97. The Morgan fingerprint density at radius 2 is 1.69 bits per heavy atom. The molecule has 3 saturated heterocycles. The van der Waals surface area contributed by atoms with Crippen molar-refractivity contribution in [2.45, 2.75) is 66.9 Å². The fraction of sp³-hybridized carbons (Fsp3) is 0.722. The molecule has 0 amide bonds. The number of hydrogen-bond acceptors (Lipinski definition) is 17. The first-order valence-electron chi connectivity index (χ1n) is 10.1. The van der Waals surface area contributed by atoms with Gasteiger partial charge in [-0.1, -0.05) is 0 Å². The molecule has 196 valence electrons. The van der Waals surface area contributed by atoms with E-state index in [4.69, 9.17) is 28.4 Å². The van der Waals surface area contributed by atoms with Gasteiger partial charge in [-0.25, -0.2) is 9.59 Å². The maximum Gasteiger partial charge on any atom is 0.349 e. The first-order chi connectivity index (χ1) is 16.3. The molecule has 8 N–H and O–H groups in total. The van der Waals surface area contributed by atoms with Gasteiger partial charge in [-0.2, -0.15) is 0 Å². The van der Waals surface area contributed by atoms with Crippen LogP contribution < -0.4 is 0 Å². The van der Waals surface area contributed by atoms with Crippen molar-refractivity contribution in [1.82, 2.24) is 0 Å². The molecule has 2 bridgehead atoms. The predicted octanol–water partition coefficient (Wildman–Crippen LogP) is -6.44. The smallest absolute Gasteiger partial charge is 0.349 e. The quantitative estimate of drug-likeness (QED) is 0.129. The molecule has 0 aliphatic carbocycles. The lowest BCUT2D eigenvalue weighted by Crippen LogP contribution is -2.84. The van der Waals surface area contributed by atoms with Gasteiger partial charge in [-0.3, -0.25) is 4.79 Å². The topological polar surface area (TPSA) is 268 Å². The fourth-order valence-electron chi connectivity index (χ4n) is 4.11. The summed E-state index contributed by atoms with van der Waals surface area (Å²) in [6.07, 6.45) is -15.0. The highest BCUT2D eigenvalue weighted by atomic mass is 16.9. The third kappa shape index (κ3) is 3.72. The Hall–Kier alpha value is -2.29. The van der Waals surface area contributed by atoms with Crippen molar-refractivity contribution in [1.29, 1.82) is 0 Å². The molecule has 17 heteroatoms. The first-order valence-corrected chi connectivity index (χ1v) is 10.1. The molecular formula is C18H22O17. The van der Waals surface area contributed by atoms with Gasteiger partial charge in [-0.05, 0) is 0 Å². The van der Waals surface area contributed by atoms with Crippen LogP contribution in [0.1, 0.15) is 6.42 Å². The molecule has 0 spiro atoms. The number of carbonyl (C=O) groups is 3. The van der Waals surface area contributed by atoms with E-state index in [1.54, 1.807) is 0 Å². The number of ether oxygens (including phenoxy) is 6. The Balaban J connectivity index is 1.80. The summed E-state index contributed by atoms with van der Waals surface area (Å²) in [5.41, 5.74) is -0.657. The van der Waals surface area contributed by atoms with E-state index in [1.807, 2.05) is 0 Å². The molecule has 17 nitrogen and oxygen atoms in total. The molecule has 3 fully saturated rings. The molecule has 0 aromatic carbocycles. The minimum absolute atomic E-state index is 0.480. The summed E-state index contributed by atoms with van der Waals surface area (Å²) in [6.45, 7) is -2.52. The van der Waals surface area contributed by atoms with Gasteiger partial charge in [0.2, 0.25) is 0 Å². The average molecular weight is 510 g/mol. The molecule has 0 saturated carbocycles. The van der Waals surface area contributed by atoms with Crippen LogP contribution in [0.4, 0.5) is 0 Å². The van der Waals surface area contributed by atoms with Crippen molar-refractivity contribution in [3.05, 3.63) is 11.6 Å². The second kappa shape index (κ2) is 8.68. The summed E-state index contributed by atoms with van der Waals surface area (Å²) in [7, 11) is 0. The second-order valence-corrected chi connectivity index (χ2v) is 8.14. The van der Waals surface area contributed by atoms with Crippen LogP contribution in [0, 0.1) is 0 Å². The number of carbonyl (C=O) groups excluding carboxylic acids is 3. The fourth-order valence-corrected chi connectivity index (χ4v) is 4.11. The van der Waals surface area contributed by atoms with E-state index in [-0.39, 0.29) is 0 Å². The normalized spacial score (nSPS) is 49.4. The molecule has 4 rings (SSSR count). The van der Waals surface area contributed by atoms with E-state index in [2.05, 4.69) is 0 Å². The van der Waals surface area contributed by atoms with Crippen LogP contribution in [0.15, 0.2) is 11.6 Å². The van der Waals surface area contributed by atoms with E-state index < -0.39 is 104 Å². The zero-order valence-electron chi connectivity index (χ0n) is 17.5. The number of hydrogen-bond donors (Lipinski definition) is 8. The van der Waals surface area contributed by atoms with Crippen molar-refractivity contribution < 1.29 is 83.7 Å². The molecule has 0 aromatic rings. The lowest BCUT2D eigenvalue weighted by atomic mass is 9.86. The van der Waals surface area contributed by atoms with Gasteiger partial charge in [0.25, 0.3) is 0 Å². The van der Waals surface area contributed by atoms with Crippen LogP contribution in [0.3, 0.4) is 0 Å². The minimum Gasteiger partial charge on any atom is -0.422 e. The lowest BCUT2D eigenvalue weighted by Gasteiger charge is -2.57. The number of aliphatic hydroxyl groups is 8. The monoisotopic (exact) mass is 510 g/mol. The molecule has 4 heterocycles. The highest BCUT2D eigenvalue weighted by molar-refractivity contribution is 6.01. The van der Waals surface area contributed by atoms with Crippen LogP contribution in [0.2, 0.25) is 0 Å². The van der Waals surface area contributed by atoms with Gasteiger partial charge in [0.1, 0.15) is 31.0 Å². The van der Waals surface area contributed by atoms with Crippen LogP contribution in [-0.2, 0) is 42.8 Å². The lowest BCUT2D eigenvalue weighted by molar-refractivity contribution is -0.534. The number of esters is 3. The predicted molar refractivity (Wildman–Crippen MR) is 96.4 cm³/mol. The van der Waals surface area contributed by atoms with E-state index in [0.717, 1.165) is 0 Å². The second-order valence-electron chi connectivity index (χ2n) is 8.14. The summed E-state index contributed by atoms with van der Waals surface area (Å²) in [4.78, 5) is 37.2. The zero-order valence-corrected chi connectivity index (χ0v) is 17.5. The van der Waals surface area contributed by atoms with Crippen molar-refractivity contribution in [2.75, 3.05) is 13.2 Å². The van der Waals surface area contributed by atoms with Crippen LogP contribution in [0.25, 0.3) is 0 Å². The standard InChI is InChI=1S/C18H22O17/c19-3-6-11(9(23)10(24)14(27)30-6)31-15-12(25)17(28)18(29)16(4-20,35-15)32-7(21)1-5(13(26)34-18)2-8(22)33-17/h1,6,9-12,14-15,19-20,23-25,27-29H,2-4H2/b5-1-/t6-,9-,10-,11-,12-,14-,15+,16+,17+,18+/m1/s1. The Bertz CT molecular complexity index is 934. The molecule has 4 aliphatic rings. The van der Waals surface area contributed by atoms with E-state index in [1.165, 1.54) is 0 Å². The third-order valence-corrected chi connectivity index (χ3v) is 5.97. The summed E-state index contributed by atoms with van der Waals surface area (Å²) in [5.74, 6) is -15.2. The summed E-state index contributed by atoms with van der Waals surface area (Å²) < 4.78 is 30.0. The highest BCUT2D eigenvalue weighted by Gasteiger charge is 2.81. The SMILES string of the molecule is O=C1/C=C2/CC(=O)O[C@@]3(O)[C@H](O)[C@@H](O[C@H]4[C@H](O)[C@@H](O)[C@H](O)O[C@@H]4CO)O[C@](CO)(O1)[C@]3(O)OC2=O. The van der Waals surface area contributed by atoms with Crippen LogP contribution >= 0.6 is 0 Å². The van der Waals surface area contributed by atoms with Crippen molar-refractivity contribution >= 4 is 17.9 Å². The van der Waals surface area contributed by atoms with Crippen LogP contribution in [-0.4, -0.2) is 132 Å². The molecule has 4 aliphatic heterocycles. The summed E-state index contributed by atoms with van der Waals surface area (Å²) in [6, 6.07) is 0. The Labute approximate surface area is 194 Å². The number of aliphatic hydroxyl groups excluding tert-OH is 6. The van der Waals surface area contributed by atoms with E-state index in [0.29, 0.717) is 6.08 Å². The number of rotatable bonds is 4.